The van der Waals surface area contributed by atoms with Crippen LogP contribution in [0.5, 0.6) is 5.75 Å². The first-order valence-electron chi connectivity index (χ1n) is 6.32. The number of hydrogen-bond donors (Lipinski definition) is 2. The summed E-state index contributed by atoms with van der Waals surface area (Å²) in [5, 5.41) is 5.42. The van der Waals surface area contributed by atoms with Gasteiger partial charge in [0.15, 0.2) is 6.10 Å². The van der Waals surface area contributed by atoms with Crippen molar-refractivity contribution in [3.63, 3.8) is 0 Å². The number of halogens is 2. The molecule has 0 saturated heterocycles. The van der Waals surface area contributed by atoms with Crippen molar-refractivity contribution >= 4 is 57.7 Å². The van der Waals surface area contributed by atoms with Gasteiger partial charge in [-0.25, -0.2) is 0 Å². The molecule has 3 rings (SSSR count). The first-order chi connectivity index (χ1) is 10.4. The van der Waals surface area contributed by atoms with Crippen LogP contribution in [0.2, 0.25) is 8.67 Å². The van der Waals surface area contributed by atoms with Crippen LogP contribution in [0.1, 0.15) is 17.3 Å². The maximum Gasteiger partial charge on any atom is 0.265 e. The molecule has 114 valence electrons. The lowest BCUT2D eigenvalue weighted by Crippen LogP contribution is -2.34. The quantitative estimate of drug-likeness (QED) is 0.853. The summed E-state index contributed by atoms with van der Waals surface area (Å²) in [4.78, 5) is 23.8. The van der Waals surface area contributed by atoms with E-state index < -0.39 is 6.10 Å². The number of thiophene rings is 1. The normalized spacial score (nSPS) is 16.5. The minimum absolute atomic E-state index is 0.233. The first kappa shape index (κ1) is 15.1. The standard InChI is InChI=1S/C14H10Cl2N2O3S/c1-6-13(19)18-9-4-7(2-3-10(9)21-6)17-14(20)8-5-11(15)22-12(8)16/h2-6H,1H3,(H,17,20)(H,18,19). The van der Waals surface area contributed by atoms with E-state index in [-0.39, 0.29) is 11.8 Å². The van der Waals surface area contributed by atoms with Crippen molar-refractivity contribution in [3.8, 4) is 5.75 Å². The van der Waals surface area contributed by atoms with Crippen molar-refractivity contribution in [2.75, 3.05) is 10.6 Å². The topological polar surface area (TPSA) is 67.4 Å². The SMILES string of the molecule is CC1Oc2ccc(NC(=O)c3cc(Cl)sc3Cl)cc2NC1=O. The van der Waals surface area contributed by atoms with Gasteiger partial charge in [0.2, 0.25) is 0 Å². The van der Waals surface area contributed by atoms with Gasteiger partial charge in [0.25, 0.3) is 11.8 Å². The van der Waals surface area contributed by atoms with Crippen LogP contribution in [0.4, 0.5) is 11.4 Å². The lowest BCUT2D eigenvalue weighted by molar-refractivity contribution is -0.122. The third kappa shape index (κ3) is 2.90. The van der Waals surface area contributed by atoms with Gasteiger partial charge in [0, 0.05) is 5.69 Å². The molecule has 2 aromatic rings. The Morgan fingerprint density at radius 1 is 1.36 bits per heavy atom. The summed E-state index contributed by atoms with van der Waals surface area (Å²) in [6, 6.07) is 6.50. The molecular weight excluding hydrogens is 347 g/mol. The predicted molar refractivity (Wildman–Crippen MR) is 87.5 cm³/mol. The van der Waals surface area contributed by atoms with E-state index in [0.717, 1.165) is 11.3 Å². The lowest BCUT2D eigenvalue weighted by Gasteiger charge is -2.23. The zero-order valence-electron chi connectivity index (χ0n) is 11.3. The third-order valence-electron chi connectivity index (χ3n) is 3.07. The number of carbonyl (C=O) groups is 2. The van der Waals surface area contributed by atoms with Crippen molar-refractivity contribution in [2.45, 2.75) is 13.0 Å². The molecule has 8 heteroatoms. The first-order valence-corrected chi connectivity index (χ1v) is 7.89. The molecule has 0 spiro atoms. The Balaban J connectivity index is 1.82. The van der Waals surface area contributed by atoms with Gasteiger partial charge in [-0.05, 0) is 31.2 Å². The number of carbonyl (C=O) groups excluding carboxylic acids is 2. The lowest BCUT2D eigenvalue weighted by atomic mass is 10.2. The second-order valence-corrected chi connectivity index (χ2v) is 6.94. The van der Waals surface area contributed by atoms with Crippen LogP contribution in [-0.2, 0) is 4.79 Å². The molecular formula is C14H10Cl2N2O3S. The van der Waals surface area contributed by atoms with E-state index in [2.05, 4.69) is 10.6 Å². The zero-order valence-corrected chi connectivity index (χ0v) is 13.6. The maximum absolute atomic E-state index is 12.2. The Bertz CT molecular complexity index is 775. The minimum Gasteiger partial charge on any atom is -0.479 e. The zero-order chi connectivity index (χ0) is 15.9. The van der Waals surface area contributed by atoms with Crippen LogP contribution in [0.15, 0.2) is 24.3 Å². The highest BCUT2D eigenvalue weighted by Crippen LogP contribution is 2.34. The molecule has 1 aromatic heterocycles. The van der Waals surface area contributed by atoms with Crippen LogP contribution >= 0.6 is 34.5 Å². The number of benzene rings is 1. The van der Waals surface area contributed by atoms with E-state index in [1.54, 1.807) is 25.1 Å². The summed E-state index contributed by atoms with van der Waals surface area (Å²) in [6.07, 6.45) is -0.542. The van der Waals surface area contributed by atoms with Crippen LogP contribution in [0.3, 0.4) is 0 Å². The summed E-state index contributed by atoms with van der Waals surface area (Å²) in [5.74, 6) is -0.0464. The molecule has 1 aliphatic rings. The molecule has 0 aliphatic carbocycles. The average Bonchev–Trinajstić information content (AvgIpc) is 2.79. The van der Waals surface area contributed by atoms with Crippen LogP contribution in [-0.4, -0.2) is 17.9 Å². The highest BCUT2D eigenvalue weighted by atomic mass is 35.5. The molecule has 1 unspecified atom stereocenters. The van der Waals surface area contributed by atoms with E-state index in [9.17, 15) is 9.59 Å². The number of nitrogens with one attached hydrogen (secondary N) is 2. The fourth-order valence-electron chi connectivity index (χ4n) is 1.98. The molecule has 22 heavy (non-hydrogen) atoms. The average molecular weight is 357 g/mol. The van der Waals surface area contributed by atoms with Crippen molar-refractivity contribution in [1.29, 1.82) is 0 Å². The Morgan fingerprint density at radius 3 is 2.82 bits per heavy atom. The van der Waals surface area contributed by atoms with Gasteiger partial charge in [-0.15, -0.1) is 11.3 Å². The molecule has 1 atom stereocenters. The van der Waals surface area contributed by atoms with E-state index in [4.69, 9.17) is 27.9 Å². The van der Waals surface area contributed by atoms with Crippen molar-refractivity contribution < 1.29 is 14.3 Å². The van der Waals surface area contributed by atoms with Gasteiger partial charge >= 0.3 is 0 Å². The summed E-state index contributed by atoms with van der Waals surface area (Å²) in [5.41, 5.74) is 1.33. The smallest absolute Gasteiger partial charge is 0.265 e. The van der Waals surface area contributed by atoms with E-state index >= 15 is 0 Å². The predicted octanol–water partition coefficient (Wildman–Crippen LogP) is 4.03. The number of fused-ring (bicyclic) bond motifs is 1. The molecule has 0 fully saturated rings. The summed E-state index contributed by atoms with van der Waals surface area (Å²) < 4.78 is 6.21. The van der Waals surface area contributed by atoms with Gasteiger partial charge in [-0.1, -0.05) is 23.2 Å². The van der Waals surface area contributed by atoms with Crippen molar-refractivity contribution in [1.82, 2.24) is 0 Å². The molecule has 0 radical (unpaired) electrons. The van der Waals surface area contributed by atoms with Gasteiger partial charge < -0.3 is 15.4 Å². The number of rotatable bonds is 2. The highest BCUT2D eigenvalue weighted by Gasteiger charge is 2.24. The maximum atomic E-state index is 12.2. The molecule has 1 aromatic carbocycles. The minimum atomic E-state index is -0.542. The van der Waals surface area contributed by atoms with Gasteiger partial charge in [-0.2, -0.15) is 0 Å². The van der Waals surface area contributed by atoms with Gasteiger partial charge in [-0.3, -0.25) is 9.59 Å². The molecule has 2 amide bonds. The Hall–Kier alpha value is -1.76. The van der Waals surface area contributed by atoms with Gasteiger partial charge in [0.05, 0.1) is 15.6 Å². The molecule has 2 N–H and O–H groups in total. The van der Waals surface area contributed by atoms with Crippen LogP contribution in [0, 0.1) is 0 Å². The summed E-state index contributed by atoms with van der Waals surface area (Å²) in [6.45, 7) is 1.66. The molecule has 0 saturated carbocycles. The van der Waals surface area contributed by atoms with Crippen LogP contribution < -0.4 is 15.4 Å². The second-order valence-electron chi connectivity index (χ2n) is 4.65. The molecule has 2 heterocycles. The number of hydrogen-bond acceptors (Lipinski definition) is 4. The number of ether oxygens (including phenoxy) is 1. The monoisotopic (exact) mass is 356 g/mol. The summed E-state index contributed by atoms with van der Waals surface area (Å²) in [7, 11) is 0. The fraction of sp³-hybridized carbons (Fsp3) is 0.143. The van der Waals surface area contributed by atoms with E-state index in [1.165, 1.54) is 6.07 Å². The second kappa shape index (κ2) is 5.79. The molecule has 1 aliphatic heterocycles. The van der Waals surface area contributed by atoms with Gasteiger partial charge in [0.1, 0.15) is 10.1 Å². The number of anilines is 2. The largest absolute Gasteiger partial charge is 0.479 e. The third-order valence-corrected chi connectivity index (χ3v) is 4.56. The number of amides is 2. The summed E-state index contributed by atoms with van der Waals surface area (Å²) >= 11 is 12.9. The Morgan fingerprint density at radius 2 is 2.14 bits per heavy atom. The van der Waals surface area contributed by atoms with E-state index in [1.807, 2.05) is 0 Å². The highest BCUT2D eigenvalue weighted by molar-refractivity contribution is 7.20. The molecule has 0 bridgehead atoms. The van der Waals surface area contributed by atoms with Crippen LogP contribution in [0.25, 0.3) is 0 Å². The van der Waals surface area contributed by atoms with Crippen molar-refractivity contribution in [3.05, 3.63) is 38.5 Å². The Labute approximate surface area is 140 Å². The van der Waals surface area contributed by atoms with E-state index in [0.29, 0.717) is 31.4 Å². The fourth-order valence-corrected chi connectivity index (χ4v) is 3.44. The Kier molecular flexibility index (Phi) is 3.99. The molecule has 5 nitrogen and oxygen atoms in total. The van der Waals surface area contributed by atoms with Crippen molar-refractivity contribution in [2.24, 2.45) is 0 Å².